The highest BCUT2D eigenvalue weighted by molar-refractivity contribution is 7.92. The van der Waals surface area contributed by atoms with Gasteiger partial charge in [0.05, 0.1) is 24.8 Å². The number of methoxy groups -OCH3 is 2. The van der Waals surface area contributed by atoms with Gasteiger partial charge in [-0.15, -0.1) is 0 Å². The second kappa shape index (κ2) is 16.6. The first-order chi connectivity index (χ1) is 22.7. The number of ether oxygens (including phenoxy) is 2. The number of carbonyl (C=O) groups excluding carboxylic acids is 2. The van der Waals surface area contributed by atoms with Gasteiger partial charge >= 0.3 is 0 Å². The first kappa shape index (κ1) is 35.0. The summed E-state index contributed by atoms with van der Waals surface area (Å²) in [5.74, 6) is -0.933. The Hall–Kier alpha value is -4.90. The predicted molar refractivity (Wildman–Crippen MR) is 179 cm³/mol. The van der Waals surface area contributed by atoms with Gasteiger partial charge < -0.3 is 19.7 Å². The van der Waals surface area contributed by atoms with Crippen molar-refractivity contribution in [2.24, 2.45) is 0 Å². The van der Waals surface area contributed by atoms with Crippen LogP contribution in [-0.2, 0) is 32.6 Å². The summed E-state index contributed by atoms with van der Waals surface area (Å²) in [5.41, 5.74) is 1.46. The number of benzene rings is 4. The van der Waals surface area contributed by atoms with Crippen molar-refractivity contribution in [1.29, 1.82) is 0 Å². The van der Waals surface area contributed by atoms with E-state index in [2.05, 4.69) is 5.32 Å². The van der Waals surface area contributed by atoms with Gasteiger partial charge in [-0.3, -0.25) is 13.9 Å². The molecule has 0 aliphatic carbocycles. The summed E-state index contributed by atoms with van der Waals surface area (Å²) in [6, 6.07) is 26.3. The molecule has 1 atom stereocenters. The zero-order valence-electron chi connectivity index (χ0n) is 26.8. The molecule has 0 aliphatic heterocycles. The molecule has 2 amide bonds. The molecule has 0 heterocycles. The smallest absolute Gasteiger partial charge is 0.264 e. The van der Waals surface area contributed by atoms with Gasteiger partial charge in [0, 0.05) is 25.6 Å². The second-order valence-electron chi connectivity index (χ2n) is 10.9. The van der Waals surface area contributed by atoms with Crippen LogP contribution in [0, 0.1) is 5.82 Å². The molecule has 47 heavy (non-hydrogen) atoms. The number of halogens is 1. The number of unbranched alkanes of at least 4 members (excludes halogenated alkanes) is 1. The molecule has 0 radical (unpaired) electrons. The maximum Gasteiger partial charge on any atom is 0.264 e. The summed E-state index contributed by atoms with van der Waals surface area (Å²) < 4.78 is 54.3. The van der Waals surface area contributed by atoms with Gasteiger partial charge in [-0.2, -0.15) is 0 Å². The summed E-state index contributed by atoms with van der Waals surface area (Å²) in [4.78, 5) is 29.7. The highest BCUT2D eigenvalue weighted by atomic mass is 32.2. The molecule has 0 saturated heterocycles. The van der Waals surface area contributed by atoms with Crippen molar-refractivity contribution < 1.29 is 31.9 Å². The maximum absolute atomic E-state index is 14.6. The largest absolute Gasteiger partial charge is 0.497 e. The topological polar surface area (TPSA) is 105 Å². The van der Waals surface area contributed by atoms with Crippen LogP contribution >= 0.6 is 0 Å². The van der Waals surface area contributed by atoms with Crippen LogP contribution in [0.3, 0.4) is 0 Å². The summed E-state index contributed by atoms with van der Waals surface area (Å²) in [7, 11) is -1.49. The molecule has 0 fully saturated rings. The van der Waals surface area contributed by atoms with Gasteiger partial charge in [0.25, 0.3) is 10.0 Å². The minimum Gasteiger partial charge on any atom is -0.497 e. The lowest BCUT2D eigenvalue weighted by Crippen LogP contribution is -2.53. The molecule has 0 bridgehead atoms. The van der Waals surface area contributed by atoms with Crippen molar-refractivity contribution in [3.63, 3.8) is 0 Å². The molecule has 4 aromatic carbocycles. The molecule has 0 unspecified atom stereocenters. The average Bonchev–Trinajstić information content (AvgIpc) is 3.10. The maximum atomic E-state index is 14.6. The molecule has 0 aromatic heterocycles. The number of nitrogens with one attached hydrogen (secondary N) is 1. The number of carbonyl (C=O) groups is 2. The van der Waals surface area contributed by atoms with E-state index in [0.717, 1.165) is 22.7 Å². The first-order valence-corrected chi connectivity index (χ1v) is 16.8. The number of hydrogen-bond acceptors (Lipinski definition) is 6. The Morgan fingerprint density at radius 2 is 1.51 bits per heavy atom. The molecule has 1 N–H and O–H groups in total. The van der Waals surface area contributed by atoms with E-state index in [4.69, 9.17) is 9.47 Å². The van der Waals surface area contributed by atoms with E-state index in [-0.39, 0.29) is 35.2 Å². The third-order valence-electron chi connectivity index (χ3n) is 7.63. The Labute approximate surface area is 276 Å². The zero-order chi connectivity index (χ0) is 33.8. The fourth-order valence-electron chi connectivity index (χ4n) is 5.07. The van der Waals surface area contributed by atoms with Gasteiger partial charge in [-0.1, -0.05) is 74.0 Å². The molecule has 11 heteroatoms. The summed E-state index contributed by atoms with van der Waals surface area (Å²) in [5, 5.41) is 2.95. The Morgan fingerprint density at radius 3 is 2.13 bits per heavy atom. The van der Waals surface area contributed by atoms with Gasteiger partial charge in [0.2, 0.25) is 11.8 Å². The highest BCUT2D eigenvalue weighted by Gasteiger charge is 2.35. The fraction of sp³-hybridized carbons (Fsp3) is 0.278. The lowest BCUT2D eigenvalue weighted by atomic mass is 10.0. The fourth-order valence-corrected chi connectivity index (χ4v) is 6.51. The standard InChI is InChI=1S/C36H40FN3O6S/c1-4-5-22-38-36(42)33(23-27-12-8-6-9-13-27)39(25-28-16-18-29(37)19-17-28)35(41)26-40(47(43,44)31-14-10-7-11-15-31)32-24-30(45-2)20-21-34(32)46-3/h6-21,24,33H,4-5,22-23,25-26H2,1-3H3,(H,38,42)/t33-/m0/s1. The number of hydrogen-bond donors (Lipinski definition) is 1. The van der Waals surface area contributed by atoms with Crippen LogP contribution in [0.1, 0.15) is 30.9 Å². The predicted octanol–water partition coefficient (Wildman–Crippen LogP) is 5.59. The van der Waals surface area contributed by atoms with E-state index in [1.807, 2.05) is 37.3 Å². The van der Waals surface area contributed by atoms with Crippen LogP contribution in [0.4, 0.5) is 10.1 Å². The van der Waals surface area contributed by atoms with E-state index >= 15 is 0 Å². The van der Waals surface area contributed by atoms with Crippen molar-refractivity contribution in [2.45, 2.75) is 43.7 Å². The summed E-state index contributed by atoms with van der Waals surface area (Å²) in [6.07, 6.45) is 1.77. The first-order valence-electron chi connectivity index (χ1n) is 15.3. The number of nitrogens with zero attached hydrogens (tertiary/aromatic N) is 2. The number of rotatable bonds is 16. The third-order valence-corrected chi connectivity index (χ3v) is 9.41. The van der Waals surface area contributed by atoms with Crippen molar-refractivity contribution >= 4 is 27.5 Å². The molecule has 0 saturated carbocycles. The molecule has 4 aromatic rings. The van der Waals surface area contributed by atoms with Gasteiger partial charge in [0.15, 0.2) is 0 Å². The van der Waals surface area contributed by atoms with Crippen LogP contribution in [0.25, 0.3) is 0 Å². The Balaban J connectivity index is 1.84. The molecule has 248 valence electrons. The second-order valence-corrected chi connectivity index (χ2v) is 12.7. The average molecular weight is 662 g/mol. The zero-order valence-corrected chi connectivity index (χ0v) is 27.6. The van der Waals surface area contributed by atoms with Gasteiger partial charge in [-0.25, -0.2) is 12.8 Å². The summed E-state index contributed by atoms with van der Waals surface area (Å²) in [6.45, 7) is 1.67. The van der Waals surface area contributed by atoms with E-state index in [1.165, 1.54) is 61.6 Å². The van der Waals surface area contributed by atoms with E-state index in [9.17, 15) is 22.4 Å². The summed E-state index contributed by atoms with van der Waals surface area (Å²) >= 11 is 0. The van der Waals surface area contributed by atoms with Crippen molar-refractivity contribution in [3.8, 4) is 11.5 Å². The quantitative estimate of drug-likeness (QED) is 0.157. The van der Waals surface area contributed by atoms with Crippen LogP contribution in [-0.4, -0.2) is 58.5 Å². The third kappa shape index (κ3) is 9.10. The normalized spacial score (nSPS) is 11.7. The molecular formula is C36H40FN3O6S. The number of anilines is 1. The van der Waals surface area contributed by atoms with Crippen LogP contribution < -0.4 is 19.1 Å². The Morgan fingerprint density at radius 1 is 0.851 bits per heavy atom. The molecule has 0 spiro atoms. The van der Waals surface area contributed by atoms with Crippen molar-refractivity contribution in [2.75, 3.05) is 31.6 Å². The molecular weight excluding hydrogens is 621 g/mol. The van der Waals surface area contributed by atoms with E-state index < -0.39 is 34.3 Å². The Bertz CT molecular complexity index is 1720. The monoisotopic (exact) mass is 661 g/mol. The molecule has 0 aliphatic rings. The van der Waals surface area contributed by atoms with Crippen molar-refractivity contribution in [3.05, 3.63) is 120 Å². The molecule has 4 rings (SSSR count). The lowest BCUT2D eigenvalue weighted by Gasteiger charge is -2.34. The van der Waals surface area contributed by atoms with Crippen LogP contribution in [0.2, 0.25) is 0 Å². The minimum atomic E-state index is -4.34. The SMILES string of the molecule is CCCCNC(=O)[C@H](Cc1ccccc1)N(Cc1ccc(F)cc1)C(=O)CN(c1cc(OC)ccc1OC)S(=O)(=O)c1ccccc1. The van der Waals surface area contributed by atoms with E-state index in [0.29, 0.717) is 17.9 Å². The van der Waals surface area contributed by atoms with Crippen LogP contribution in [0.5, 0.6) is 11.5 Å². The molecule has 9 nitrogen and oxygen atoms in total. The lowest BCUT2D eigenvalue weighted by molar-refractivity contribution is -0.140. The van der Waals surface area contributed by atoms with Crippen molar-refractivity contribution in [1.82, 2.24) is 10.2 Å². The van der Waals surface area contributed by atoms with Gasteiger partial charge in [0.1, 0.15) is 29.9 Å². The van der Waals surface area contributed by atoms with Crippen LogP contribution in [0.15, 0.2) is 108 Å². The Kier molecular flexibility index (Phi) is 12.3. The highest BCUT2D eigenvalue weighted by Crippen LogP contribution is 2.36. The van der Waals surface area contributed by atoms with Gasteiger partial charge in [-0.05, 0) is 53.9 Å². The minimum absolute atomic E-state index is 0.0408. The number of sulfonamides is 1. The number of amides is 2. The van der Waals surface area contributed by atoms with E-state index in [1.54, 1.807) is 30.3 Å².